The lowest BCUT2D eigenvalue weighted by Crippen LogP contribution is -2.01. The van der Waals surface area contributed by atoms with Gasteiger partial charge in [0.25, 0.3) is 0 Å². The second-order valence-corrected chi connectivity index (χ2v) is 8.60. The van der Waals surface area contributed by atoms with E-state index in [4.69, 9.17) is 0 Å². The maximum atomic E-state index is 2.52. The van der Waals surface area contributed by atoms with Crippen LogP contribution >= 0.6 is 0 Å². The summed E-state index contributed by atoms with van der Waals surface area (Å²) in [5.41, 5.74) is 12.6. The number of benzene rings is 4. The summed E-state index contributed by atoms with van der Waals surface area (Å²) >= 11 is 0. The lowest BCUT2D eigenvalue weighted by molar-refractivity contribution is 0.864. The van der Waals surface area contributed by atoms with Crippen LogP contribution in [0.25, 0.3) is 32.9 Å². The predicted octanol–water partition coefficient (Wildman–Crippen LogP) is 7.28. The van der Waals surface area contributed by atoms with Crippen LogP contribution in [0.3, 0.4) is 0 Å². The Bertz CT molecular complexity index is 1430. The molecule has 0 N–H and O–H groups in total. The van der Waals surface area contributed by atoms with Gasteiger partial charge in [-0.25, -0.2) is 0 Å². The Morgan fingerprint density at radius 2 is 1.57 bits per heavy atom. The molecule has 1 nitrogen and oxygen atoms in total. The number of fused-ring (bicyclic) bond motifs is 7. The van der Waals surface area contributed by atoms with Crippen molar-refractivity contribution in [3.05, 3.63) is 107 Å². The van der Waals surface area contributed by atoms with Crippen molar-refractivity contribution in [2.24, 2.45) is 0 Å². The third-order valence-electron chi connectivity index (χ3n) is 6.67. The van der Waals surface area contributed by atoms with Crippen molar-refractivity contribution in [1.82, 2.24) is 4.57 Å². The molecule has 0 unspecified atom stereocenters. The molecule has 6 rings (SSSR count). The Morgan fingerprint density at radius 1 is 0.767 bits per heavy atom. The smallest absolute Gasteiger partial charge is 0.0497 e. The van der Waals surface area contributed by atoms with Gasteiger partial charge in [0.1, 0.15) is 0 Å². The second-order valence-electron chi connectivity index (χ2n) is 8.60. The third-order valence-corrected chi connectivity index (χ3v) is 6.67. The van der Waals surface area contributed by atoms with Crippen LogP contribution in [-0.4, -0.2) is 4.57 Å². The highest BCUT2D eigenvalue weighted by Gasteiger charge is 2.23. The molecule has 4 aromatic carbocycles. The van der Waals surface area contributed by atoms with Gasteiger partial charge in [-0.3, -0.25) is 0 Å². The number of para-hydroxylation sites is 1. The normalized spacial score (nSPS) is 12.5. The number of hydrogen-bond acceptors (Lipinski definition) is 0. The van der Waals surface area contributed by atoms with Crippen LogP contribution in [0.2, 0.25) is 0 Å². The summed E-state index contributed by atoms with van der Waals surface area (Å²) in [4.78, 5) is 0. The van der Waals surface area contributed by atoms with E-state index >= 15 is 0 Å². The van der Waals surface area contributed by atoms with E-state index in [1.54, 1.807) is 0 Å². The Labute approximate surface area is 177 Å². The van der Waals surface area contributed by atoms with Gasteiger partial charge in [0, 0.05) is 28.4 Å². The van der Waals surface area contributed by atoms with Crippen LogP contribution < -0.4 is 0 Å². The summed E-state index contributed by atoms with van der Waals surface area (Å²) in [6.45, 7) is 5.35. The Morgan fingerprint density at radius 3 is 2.47 bits per heavy atom. The standard InChI is InChI=1S/C29H25N/c1-3-20-14-19(2)15-21(16-20)18-30-27-11-7-6-10-25(27)29-26-17-22-8-4-5-9-23(22)24(26)12-13-28(29)30/h4-16H,3,17-18H2,1-2H3. The summed E-state index contributed by atoms with van der Waals surface area (Å²) in [5.74, 6) is 0. The van der Waals surface area contributed by atoms with Crippen molar-refractivity contribution in [2.75, 3.05) is 0 Å². The topological polar surface area (TPSA) is 4.93 Å². The molecule has 1 aliphatic rings. The van der Waals surface area contributed by atoms with Gasteiger partial charge < -0.3 is 4.57 Å². The summed E-state index contributed by atoms with van der Waals surface area (Å²) < 4.78 is 2.52. The summed E-state index contributed by atoms with van der Waals surface area (Å²) in [6, 6.07) is 29.5. The lowest BCUT2D eigenvalue weighted by Gasteiger charge is -2.11. The van der Waals surface area contributed by atoms with Crippen molar-refractivity contribution in [3.8, 4) is 11.1 Å². The van der Waals surface area contributed by atoms with E-state index in [-0.39, 0.29) is 0 Å². The zero-order chi connectivity index (χ0) is 20.2. The summed E-state index contributed by atoms with van der Waals surface area (Å²) in [5, 5.41) is 2.81. The molecule has 0 spiro atoms. The molecule has 1 heteroatoms. The molecule has 0 radical (unpaired) electrons. The Kier molecular flexibility index (Phi) is 3.86. The molecule has 0 atom stereocenters. The number of aromatic nitrogens is 1. The number of rotatable bonds is 3. The van der Waals surface area contributed by atoms with Crippen LogP contribution in [0.5, 0.6) is 0 Å². The van der Waals surface area contributed by atoms with Crippen LogP contribution in [0.15, 0.2) is 78.9 Å². The highest BCUT2D eigenvalue weighted by Crippen LogP contribution is 2.43. The van der Waals surface area contributed by atoms with E-state index in [2.05, 4.69) is 97.3 Å². The first-order valence-electron chi connectivity index (χ1n) is 10.9. The van der Waals surface area contributed by atoms with Crippen LogP contribution in [0.1, 0.15) is 34.7 Å². The highest BCUT2D eigenvalue weighted by molar-refractivity contribution is 6.12. The van der Waals surface area contributed by atoms with E-state index in [9.17, 15) is 0 Å². The molecule has 0 fully saturated rings. The number of hydrogen-bond donors (Lipinski definition) is 0. The van der Waals surface area contributed by atoms with Crippen molar-refractivity contribution >= 4 is 21.8 Å². The minimum absolute atomic E-state index is 0.907. The molecule has 5 aromatic rings. The molecular formula is C29H25N. The van der Waals surface area contributed by atoms with Crippen LogP contribution in [0, 0.1) is 6.92 Å². The van der Waals surface area contributed by atoms with Gasteiger partial charge in [-0.05, 0) is 65.3 Å². The van der Waals surface area contributed by atoms with Gasteiger partial charge in [-0.1, -0.05) is 79.2 Å². The largest absolute Gasteiger partial charge is 0.336 e. The first kappa shape index (κ1) is 17.5. The molecule has 0 amide bonds. The molecule has 146 valence electrons. The molecule has 0 saturated carbocycles. The monoisotopic (exact) mass is 387 g/mol. The molecule has 0 bridgehead atoms. The van der Waals surface area contributed by atoms with Gasteiger partial charge in [-0.15, -0.1) is 0 Å². The fourth-order valence-electron chi connectivity index (χ4n) is 5.37. The molecule has 1 aromatic heterocycles. The van der Waals surface area contributed by atoms with E-state index in [0.717, 1.165) is 19.4 Å². The Balaban J connectivity index is 1.60. The van der Waals surface area contributed by atoms with E-state index in [0.29, 0.717) is 0 Å². The molecule has 0 aliphatic heterocycles. The van der Waals surface area contributed by atoms with E-state index in [1.807, 2.05) is 0 Å². The van der Waals surface area contributed by atoms with Crippen molar-refractivity contribution < 1.29 is 0 Å². The van der Waals surface area contributed by atoms with Gasteiger partial charge >= 0.3 is 0 Å². The maximum absolute atomic E-state index is 2.52. The molecule has 1 heterocycles. The maximum Gasteiger partial charge on any atom is 0.0497 e. The summed E-state index contributed by atoms with van der Waals surface area (Å²) in [7, 11) is 0. The molecular weight excluding hydrogens is 362 g/mol. The fourth-order valence-corrected chi connectivity index (χ4v) is 5.37. The zero-order valence-electron chi connectivity index (χ0n) is 17.6. The first-order valence-corrected chi connectivity index (χ1v) is 10.9. The molecule has 1 aliphatic carbocycles. The van der Waals surface area contributed by atoms with Crippen LogP contribution in [-0.2, 0) is 19.4 Å². The zero-order valence-corrected chi connectivity index (χ0v) is 17.6. The van der Waals surface area contributed by atoms with Crippen molar-refractivity contribution in [2.45, 2.75) is 33.2 Å². The van der Waals surface area contributed by atoms with Crippen molar-refractivity contribution in [1.29, 1.82) is 0 Å². The van der Waals surface area contributed by atoms with Gasteiger partial charge in [0.15, 0.2) is 0 Å². The minimum atomic E-state index is 0.907. The first-order chi connectivity index (χ1) is 14.7. The van der Waals surface area contributed by atoms with Gasteiger partial charge in [0.05, 0.1) is 0 Å². The van der Waals surface area contributed by atoms with Gasteiger partial charge in [0.2, 0.25) is 0 Å². The number of aryl methyl sites for hydroxylation is 2. The van der Waals surface area contributed by atoms with Crippen LogP contribution in [0.4, 0.5) is 0 Å². The average Bonchev–Trinajstić information content (AvgIpc) is 3.29. The average molecular weight is 388 g/mol. The third kappa shape index (κ3) is 2.55. The molecule has 0 saturated heterocycles. The van der Waals surface area contributed by atoms with E-state index in [1.165, 1.54) is 60.8 Å². The van der Waals surface area contributed by atoms with Crippen molar-refractivity contribution in [3.63, 3.8) is 0 Å². The van der Waals surface area contributed by atoms with Gasteiger partial charge in [-0.2, -0.15) is 0 Å². The quantitative estimate of drug-likeness (QED) is 0.300. The lowest BCUT2D eigenvalue weighted by atomic mass is 10.0. The predicted molar refractivity (Wildman–Crippen MR) is 127 cm³/mol. The minimum Gasteiger partial charge on any atom is -0.336 e. The number of nitrogens with zero attached hydrogens (tertiary/aromatic N) is 1. The summed E-state index contributed by atoms with van der Waals surface area (Å²) in [6.07, 6.45) is 2.11. The SMILES string of the molecule is CCc1cc(C)cc(Cn2c3ccccc3c3c4c(ccc32)-c2ccccc2C4)c1. The Hall–Kier alpha value is -3.32. The fraction of sp³-hybridized carbons (Fsp3) is 0.172. The molecule has 30 heavy (non-hydrogen) atoms. The second kappa shape index (κ2) is 6.60. The highest BCUT2D eigenvalue weighted by atomic mass is 15.0. The van der Waals surface area contributed by atoms with E-state index < -0.39 is 0 Å².